The van der Waals surface area contributed by atoms with Crippen molar-refractivity contribution in [3.63, 3.8) is 0 Å². The van der Waals surface area contributed by atoms with Gasteiger partial charge in [0.05, 0.1) is 5.92 Å². The van der Waals surface area contributed by atoms with E-state index < -0.39 is 5.60 Å². The molecule has 1 rings (SSSR count). The van der Waals surface area contributed by atoms with Gasteiger partial charge in [0.25, 0.3) is 0 Å². The summed E-state index contributed by atoms with van der Waals surface area (Å²) in [4.78, 5) is 12.2. The van der Waals surface area contributed by atoms with E-state index in [0.29, 0.717) is 6.54 Å². The average Bonchev–Trinajstić information content (AvgIpc) is 2.38. The van der Waals surface area contributed by atoms with Crippen molar-refractivity contribution in [1.82, 2.24) is 5.32 Å². The van der Waals surface area contributed by atoms with Gasteiger partial charge >= 0.3 is 5.97 Å². The standard InChI is InChI=1S/C17H27NO2/c1-5-18-13-15(16(19)20-17(2,3)4)12-11-14-9-7-6-8-10-14/h6-10,15,18H,5,11-13H2,1-4H3. The molecule has 0 saturated heterocycles. The molecule has 0 radical (unpaired) electrons. The molecule has 0 spiro atoms. The van der Waals surface area contributed by atoms with Gasteiger partial charge in [-0.2, -0.15) is 0 Å². The number of carbonyl (C=O) groups is 1. The second-order valence-electron chi connectivity index (χ2n) is 6.06. The van der Waals surface area contributed by atoms with E-state index in [-0.39, 0.29) is 11.9 Å². The Hall–Kier alpha value is -1.35. The second kappa shape index (κ2) is 8.05. The number of hydrogen-bond acceptors (Lipinski definition) is 3. The minimum Gasteiger partial charge on any atom is -0.460 e. The number of esters is 1. The van der Waals surface area contributed by atoms with Crippen LogP contribution >= 0.6 is 0 Å². The van der Waals surface area contributed by atoms with Gasteiger partial charge in [0.15, 0.2) is 0 Å². The summed E-state index contributed by atoms with van der Waals surface area (Å²) < 4.78 is 5.51. The van der Waals surface area contributed by atoms with Crippen molar-refractivity contribution in [1.29, 1.82) is 0 Å². The normalized spacial score (nSPS) is 13.0. The number of nitrogens with one attached hydrogen (secondary N) is 1. The molecule has 3 heteroatoms. The summed E-state index contributed by atoms with van der Waals surface area (Å²) in [6.07, 6.45) is 1.71. The molecular weight excluding hydrogens is 250 g/mol. The molecule has 1 unspecified atom stereocenters. The molecule has 0 aliphatic rings. The Labute approximate surface area is 122 Å². The van der Waals surface area contributed by atoms with Crippen LogP contribution in [0.3, 0.4) is 0 Å². The zero-order valence-electron chi connectivity index (χ0n) is 13.1. The number of hydrogen-bond donors (Lipinski definition) is 1. The molecule has 112 valence electrons. The minimum absolute atomic E-state index is 0.0885. The van der Waals surface area contributed by atoms with Gasteiger partial charge in [0.1, 0.15) is 5.60 Å². The van der Waals surface area contributed by atoms with Crippen molar-refractivity contribution in [2.24, 2.45) is 5.92 Å². The minimum atomic E-state index is -0.422. The Kier molecular flexibility index (Phi) is 6.73. The first-order valence-corrected chi connectivity index (χ1v) is 7.40. The van der Waals surface area contributed by atoms with Crippen LogP contribution < -0.4 is 5.32 Å². The van der Waals surface area contributed by atoms with Gasteiger partial charge < -0.3 is 10.1 Å². The smallest absolute Gasteiger partial charge is 0.310 e. The molecule has 1 aromatic rings. The van der Waals surface area contributed by atoms with Crippen LogP contribution in [0.2, 0.25) is 0 Å². The lowest BCUT2D eigenvalue weighted by Crippen LogP contribution is -2.34. The van der Waals surface area contributed by atoms with Crippen LogP contribution in [0.5, 0.6) is 0 Å². The maximum Gasteiger partial charge on any atom is 0.310 e. The van der Waals surface area contributed by atoms with Crippen LogP contribution in [-0.2, 0) is 16.0 Å². The summed E-state index contributed by atoms with van der Waals surface area (Å²) in [5.74, 6) is -0.191. The van der Waals surface area contributed by atoms with E-state index in [9.17, 15) is 4.79 Å². The van der Waals surface area contributed by atoms with Crippen LogP contribution in [-0.4, -0.2) is 24.7 Å². The fourth-order valence-electron chi connectivity index (χ4n) is 1.99. The van der Waals surface area contributed by atoms with Gasteiger partial charge in [-0.25, -0.2) is 0 Å². The summed E-state index contributed by atoms with van der Waals surface area (Å²) in [5.41, 5.74) is 0.839. The third kappa shape index (κ3) is 6.71. The summed E-state index contributed by atoms with van der Waals surface area (Å²) in [7, 11) is 0. The SMILES string of the molecule is CCNCC(CCc1ccccc1)C(=O)OC(C)(C)C. The van der Waals surface area contributed by atoms with Crippen LogP contribution in [0, 0.1) is 5.92 Å². The van der Waals surface area contributed by atoms with Crippen molar-refractivity contribution >= 4 is 5.97 Å². The zero-order valence-corrected chi connectivity index (χ0v) is 13.1. The largest absolute Gasteiger partial charge is 0.460 e. The third-order valence-corrected chi connectivity index (χ3v) is 3.01. The summed E-state index contributed by atoms with van der Waals surface area (Å²) >= 11 is 0. The molecule has 20 heavy (non-hydrogen) atoms. The molecule has 0 heterocycles. The predicted octanol–water partition coefficient (Wildman–Crippen LogP) is 3.19. The molecule has 0 aliphatic heterocycles. The highest BCUT2D eigenvalue weighted by Gasteiger charge is 2.24. The molecule has 1 aromatic carbocycles. The molecule has 0 fully saturated rings. The van der Waals surface area contributed by atoms with Gasteiger partial charge in [-0.15, -0.1) is 0 Å². The number of aryl methyl sites for hydroxylation is 1. The first-order chi connectivity index (χ1) is 9.42. The highest BCUT2D eigenvalue weighted by atomic mass is 16.6. The maximum absolute atomic E-state index is 12.2. The molecule has 0 aromatic heterocycles. The van der Waals surface area contributed by atoms with E-state index in [4.69, 9.17) is 4.74 Å². The number of ether oxygens (including phenoxy) is 1. The molecule has 1 N–H and O–H groups in total. The highest BCUT2D eigenvalue weighted by Crippen LogP contribution is 2.16. The van der Waals surface area contributed by atoms with Crippen LogP contribution in [0.15, 0.2) is 30.3 Å². The van der Waals surface area contributed by atoms with Crippen molar-refractivity contribution in [3.05, 3.63) is 35.9 Å². The Morgan fingerprint density at radius 2 is 1.90 bits per heavy atom. The van der Waals surface area contributed by atoms with Crippen molar-refractivity contribution in [2.75, 3.05) is 13.1 Å². The monoisotopic (exact) mass is 277 g/mol. The molecule has 0 bridgehead atoms. The lowest BCUT2D eigenvalue weighted by atomic mass is 9.99. The predicted molar refractivity (Wildman–Crippen MR) is 82.6 cm³/mol. The number of benzene rings is 1. The van der Waals surface area contributed by atoms with Crippen molar-refractivity contribution in [3.8, 4) is 0 Å². The van der Waals surface area contributed by atoms with E-state index in [2.05, 4.69) is 17.4 Å². The first-order valence-electron chi connectivity index (χ1n) is 7.40. The lowest BCUT2D eigenvalue weighted by molar-refractivity contribution is -0.160. The van der Waals surface area contributed by atoms with E-state index in [1.54, 1.807) is 0 Å². The van der Waals surface area contributed by atoms with Crippen LogP contribution in [0.4, 0.5) is 0 Å². The van der Waals surface area contributed by atoms with E-state index in [0.717, 1.165) is 19.4 Å². The first kappa shape index (κ1) is 16.7. The summed E-state index contributed by atoms with van der Waals surface area (Å²) in [5, 5.41) is 3.25. The molecular formula is C17H27NO2. The van der Waals surface area contributed by atoms with Gasteiger partial charge in [0.2, 0.25) is 0 Å². The molecule has 0 amide bonds. The summed E-state index contributed by atoms with van der Waals surface area (Å²) in [6.45, 7) is 9.32. The van der Waals surface area contributed by atoms with Crippen molar-refractivity contribution in [2.45, 2.75) is 46.1 Å². The summed E-state index contributed by atoms with van der Waals surface area (Å²) in [6, 6.07) is 10.3. The van der Waals surface area contributed by atoms with Crippen LogP contribution in [0.25, 0.3) is 0 Å². The molecule has 3 nitrogen and oxygen atoms in total. The molecule has 0 saturated carbocycles. The Morgan fingerprint density at radius 3 is 2.45 bits per heavy atom. The quantitative estimate of drug-likeness (QED) is 0.778. The average molecular weight is 277 g/mol. The maximum atomic E-state index is 12.2. The highest BCUT2D eigenvalue weighted by molar-refractivity contribution is 5.73. The molecule has 1 atom stereocenters. The topological polar surface area (TPSA) is 38.3 Å². The Bertz CT molecular complexity index is 395. The third-order valence-electron chi connectivity index (χ3n) is 3.01. The fourth-order valence-corrected chi connectivity index (χ4v) is 1.99. The van der Waals surface area contributed by atoms with E-state index >= 15 is 0 Å². The van der Waals surface area contributed by atoms with Gasteiger partial charge in [-0.1, -0.05) is 37.3 Å². The Morgan fingerprint density at radius 1 is 1.25 bits per heavy atom. The number of rotatable bonds is 7. The fraction of sp³-hybridized carbons (Fsp3) is 0.588. The van der Waals surface area contributed by atoms with Crippen molar-refractivity contribution < 1.29 is 9.53 Å². The molecule has 0 aliphatic carbocycles. The van der Waals surface area contributed by atoms with E-state index in [1.165, 1.54) is 5.56 Å². The number of carbonyl (C=O) groups excluding carboxylic acids is 1. The second-order valence-corrected chi connectivity index (χ2v) is 6.06. The Balaban J connectivity index is 2.57. The van der Waals surface area contributed by atoms with Crippen LogP contribution in [0.1, 0.15) is 39.7 Å². The van der Waals surface area contributed by atoms with Gasteiger partial charge in [-0.3, -0.25) is 4.79 Å². The van der Waals surface area contributed by atoms with E-state index in [1.807, 2.05) is 45.9 Å². The van der Waals surface area contributed by atoms with Gasteiger partial charge in [-0.05, 0) is 45.7 Å². The van der Waals surface area contributed by atoms with Gasteiger partial charge in [0, 0.05) is 6.54 Å². The zero-order chi connectivity index (χ0) is 15.0. The lowest BCUT2D eigenvalue weighted by Gasteiger charge is -2.24.